The van der Waals surface area contributed by atoms with Crippen LogP contribution in [-0.4, -0.2) is 16.9 Å². The molecule has 0 unspecified atom stereocenters. The van der Waals surface area contributed by atoms with Crippen molar-refractivity contribution in [3.63, 3.8) is 0 Å². The number of aliphatic hydroxyl groups is 1. The van der Waals surface area contributed by atoms with Crippen LogP contribution in [0.15, 0.2) is 28.8 Å². The van der Waals surface area contributed by atoms with E-state index in [-0.39, 0.29) is 12.4 Å². The second-order valence-electron chi connectivity index (χ2n) is 3.64. The second kappa shape index (κ2) is 4.45. The molecule has 2 rings (SSSR count). The number of rotatable bonds is 3. The van der Waals surface area contributed by atoms with Crippen LogP contribution in [-0.2, 0) is 6.42 Å². The fraction of sp³-hybridized carbons (Fsp3) is 0.250. The van der Waals surface area contributed by atoms with Gasteiger partial charge in [-0.25, -0.2) is 4.39 Å². The van der Waals surface area contributed by atoms with E-state index in [4.69, 9.17) is 9.63 Å². The van der Waals surface area contributed by atoms with Crippen LogP contribution in [0.5, 0.6) is 0 Å². The van der Waals surface area contributed by atoms with Crippen LogP contribution in [0.3, 0.4) is 0 Å². The van der Waals surface area contributed by atoms with E-state index in [0.29, 0.717) is 23.4 Å². The van der Waals surface area contributed by atoms with E-state index in [2.05, 4.69) is 5.16 Å². The first-order chi connectivity index (χ1) is 7.70. The molecule has 16 heavy (non-hydrogen) atoms. The maximum atomic E-state index is 13.5. The highest BCUT2D eigenvalue weighted by Gasteiger charge is 2.10. The second-order valence-corrected chi connectivity index (χ2v) is 3.64. The lowest BCUT2D eigenvalue weighted by molar-refractivity contribution is 0.277. The summed E-state index contributed by atoms with van der Waals surface area (Å²) in [6, 6.07) is 6.47. The van der Waals surface area contributed by atoms with E-state index >= 15 is 0 Å². The summed E-state index contributed by atoms with van der Waals surface area (Å²) in [5.41, 5.74) is 1.85. The van der Waals surface area contributed by atoms with Gasteiger partial charge in [0.15, 0.2) is 0 Å². The van der Waals surface area contributed by atoms with Crippen molar-refractivity contribution >= 4 is 0 Å². The molecule has 3 nitrogen and oxygen atoms in total. The van der Waals surface area contributed by atoms with Gasteiger partial charge in [0.2, 0.25) is 0 Å². The van der Waals surface area contributed by atoms with Crippen molar-refractivity contribution in [3.05, 3.63) is 41.4 Å². The standard InChI is InChI=1S/C12H12FNO2/c1-8-2-3-11(13)10(6-8)12-7-9(4-5-15)16-14-12/h2-3,6-7,15H,4-5H2,1H3. The Bertz CT molecular complexity index is 494. The Labute approximate surface area is 92.5 Å². The number of benzene rings is 1. The molecule has 0 aliphatic carbocycles. The van der Waals surface area contributed by atoms with Crippen molar-refractivity contribution in [1.82, 2.24) is 5.16 Å². The van der Waals surface area contributed by atoms with E-state index in [1.54, 1.807) is 18.2 Å². The normalized spacial score (nSPS) is 10.7. The lowest BCUT2D eigenvalue weighted by Crippen LogP contribution is -1.87. The number of aliphatic hydroxyl groups excluding tert-OH is 1. The molecule has 2 aromatic rings. The summed E-state index contributed by atoms with van der Waals surface area (Å²) < 4.78 is 18.5. The van der Waals surface area contributed by atoms with Crippen LogP contribution in [0.1, 0.15) is 11.3 Å². The Kier molecular flexibility index (Phi) is 3.01. The molecule has 1 N–H and O–H groups in total. The number of hydrogen-bond acceptors (Lipinski definition) is 3. The van der Waals surface area contributed by atoms with Gasteiger partial charge in [-0.2, -0.15) is 0 Å². The van der Waals surface area contributed by atoms with Gasteiger partial charge >= 0.3 is 0 Å². The summed E-state index contributed by atoms with van der Waals surface area (Å²) in [5.74, 6) is 0.229. The Morgan fingerprint density at radius 1 is 1.38 bits per heavy atom. The summed E-state index contributed by atoms with van der Waals surface area (Å²) in [6.07, 6.45) is 0.389. The van der Waals surface area contributed by atoms with Gasteiger partial charge < -0.3 is 9.63 Å². The molecule has 84 valence electrons. The van der Waals surface area contributed by atoms with Crippen LogP contribution in [0.2, 0.25) is 0 Å². The Morgan fingerprint density at radius 2 is 2.19 bits per heavy atom. The molecule has 4 heteroatoms. The molecule has 1 heterocycles. The van der Waals surface area contributed by atoms with Crippen LogP contribution in [0, 0.1) is 12.7 Å². The zero-order chi connectivity index (χ0) is 11.5. The van der Waals surface area contributed by atoms with Crippen molar-refractivity contribution in [2.75, 3.05) is 6.61 Å². The Hall–Kier alpha value is -1.68. The highest BCUT2D eigenvalue weighted by atomic mass is 19.1. The van der Waals surface area contributed by atoms with Crippen LogP contribution >= 0.6 is 0 Å². The molecular weight excluding hydrogens is 209 g/mol. The van der Waals surface area contributed by atoms with Crippen molar-refractivity contribution in [3.8, 4) is 11.3 Å². The average molecular weight is 221 g/mol. The van der Waals surface area contributed by atoms with Gasteiger partial charge in [0.1, 0.15) is 17.3 Å². The van der Waals surface area contributed by atoms with Gasteiger partial charge in [-0.1, -0.05) is 16.8 Å². The first kappa shape index (κ1) is 10.8. The van der Waals surface area contributed by atoms with E-state index in [1.807, 2.05) is 6.92 Å². The zero-order valence-corrected chi connectivity index (χ0v) is 8.90. The van der Waals surface area contributed by atoms with E-state index in [9.17, 15) is 4.39 Å². The molecule has 0 aliphatic heterocycles. The Balaban J connectivity index is 2.38. The summed E-state index contributed by atoms with van der Waals surface area (Å²) in [4.78, 5) is 0. The molecule has 1 aromatic carbocycles. The van der Waals surface area contributed by atoms with Gasteiger partial charge in [0, 0.05) is 18.1 Å². The molecule has 0 aliphatic rings. The van der Waals surface area contributed by atoms with Crippen LogP contribution < -0.4 is 0 Å². The highest BCUT2D eigenvalue weighted by molar-refractivity contribution is 5.60. The molecule has 0 bridgehead atoms. The fourth-order valence-corrected chi connectivity index (χ4v) is 1.50. The summed E-state index contributed by atoms with van der Waals surface area (Å²) in [5, 5.41) is 12.5. The third-order valence-electron chi connectivity index (χ3n) is 2.31. The predicted molar refractivity (Wildman–Crippen MR) is 57.4 cm³/mol. The number of hydrogen-bond donors (Lipinski definition) is 1. The molecule has 0 amide bonds. The summed E-state index contributed by atoms with van der Waals surface area (Å²) in [7, 11) is 0. The van der Waals surface area contributed by atoms with E-state index in [0.717, 1.165) is 5.56 Å². The summed E-state index contributed by atoms with van der Waals surface area (Å²) in [6.45, 7) is 1.88. The number of aromatic nitrogens is 1. The minimum atomic E-state index is -0.325. The lowest BCUT2D eigenvalue weighted by Gasteiger charge is -1.99. The largest absolute Gasteiger partial charge is 0.396 e. The van der Waals surface area contributed by atoms with Gasteiger partial charge in [-0.05, 0) is 19.1 Å². The topological polar surface area (TPSA) is 46.3 Å². The van der Waals surface area contributed by atoms with Crippen LogP contribution in [0.4, 0.5) is 4.39 Å². The van der Waals surface area contributed by atoms with Crippen molar-refractivity contribution in [2.45, 2.75) is 13.3 Å². The monoisotopic (exact) mass is 221 g/mol. The smallest absolute Gasteiger partial charge is 0.139 e. The molecule has 0 radical (unpaired) electrons. The van der Waals surface area contributed by atoms with Gasteiger partial charge in [-0.3, -0.25) is 0 Å². The number of halogens is 1. The van der Waals surface area contributed by atoms with Crippen LogP contribution in [0.25, 0.3) is 11.3 Å². The van der Waals surface area contributed by atoms with Gasteiger partial charge in [0.05, 0.1) is 6.61 Å². The fourth-order valence-electron chi connectivity index (χ4n) is 1.50. The molecule has 0 fully saturated rings. The Morgan fingerprint density at radius 3 is 2.94 bits per heavy atom. The molecule has 0 atom stereocenters. The van der Waals surface area contributed by atoms with Gasteiger partial charge in [-0.15, -0.1) is 0 Å². The first-order valence-electron chi connectivity index (χ1n) is 5.03. The van der Waals surface area contributed by atoms with Gasteiger partial charge in [0.25, 0.3) is 0 Å². The minimum Gasteiger partial charge on any atom is -0.396 e. The van der Waals surface area contributed by atoms with E-state index in [1.165, 1.54) is 6.07 Å². The maximum Gasteiger partial charge on any atom is 0.139 e. The third-order valence-corrected chi connectivity index (χ3v) is 2.31. The predicted octanol–water partition coefficient (Wildman–Crippen LogP) is 2.32. The lowest BCUT2D eigenvalue weighted by atomic mass is 10.1. The molecule has 0 spiro atoms. The number of aryl methyl sites for hydroxylation is 1. The van der Waals surface area contributed by atoms with Crippen molar-refractivity contribution < 1.29 is 14.0 Å². The average Bonchev–Trinajstić information content (AvgIpc) is 2.71. The van der Waals surface area contributed by atoms with E-state index < -0.39 is 0 Å². The highest BCUT2D eigenvalue weighted by Crippen LogP contribution is 2.23. The van der Waals surface area contributed by atoms with Crippen molar-refractivity contribution in [2.24, 2.45) is 0 Å². The zero-order valence-electron chi connectivity index (χ0n) is 8.90. The third kappa shape index (κ3) is 2.12. The molecular formula is C12H12FNO2. The SMILES string of the molecule is Cc1ccc(F)c(-c2cc(CCO)on2)c1. The molecule has 0 saturated heterocycles. The molecule has 0 saturated carbocycles. The maximum absolute atomic E-state index is 13.5. The minimum absolute atomic E-state index is 0.00900. The molecule has 1 aromatic heterocycles. The number of nitrogens with zero attached hydrogens (tertiary/aromatic N) is 1. The quantitative estimate of drug-likeness (QED) is 0.865. The summed E-state index contributed by atoms with van der Waals surface area (Å²) >= 11 is 0. The van der Waals surface area contributed by atoms with Crippen molar-refractivity contribution in [1.29, 1.82) is 0 Å². The first-order valence-corrected chi connectivity index (χ1v) is 5.03.